The summed E-state index contributed by atoms with van der Waals surface area (Å²) in [5, 5.41) is 0. The Morgan fingerprint density at radius 1 is 1.22 bits per heavy atom. The molecule has 0 radical (unpaired) electrons. The molecule has 0 saturated carbocycles. The lowest BCUT2D eigenvalue weighted by Gasteiger charge is -2.30. The smallest absolute Gasteiger partial charge is 0.0427 e. The first-order valence-electron chi connectivity index (χ1n) is 7.06. The Morgan fingerprint density at radius 3 is 2.44 bits per heavy atom. The highest BCUT2D eigenvalue weighted by Gasteiger charge is 2.16. The largest absolute Gasteiger partial charge is 0.323 e. The van der Waals surface area contributed by atoms with Crippen molar-refractivity contribution in [2.45, 2.75) is 53.1 Å². The van der Waals surface area contributed by atoms with E-state index in [0.717, 1.165) is 13.1 Å². The second-order valence-corrected chi connectivity index (χ2v) is 5.31. The molecule has 2 unspecified atom stereocenters. The van der Waals surface area contributed by atoms with Gasteiger partial charge in [0, 0.05) is 18.6 Å². The molecule has 0 bridgehead atoms. The van der Waals surface area contributed by atoms with Crippen LogP contribution in [0.4, 0.5) is 0 Å². The van der Waals surface area contributed by atoms with Crippen LogP contribution < -0.4 is 5.73 Å². The van der Waals surface area contributed by atoms with Crippen LogP contribution in [0.1, 0.15) is 49.9 Å². The molecule has 1 aromatic rings. The standard InChI is InChI=1S/C16H28N2/c1-6-14(5)18(7-2)11-16(17)15-10-12(3)8-9-13(15)4/h8-10,14,16H,6-7,11,17H2,1-5H3. The maximum atomic E-state index is 6.39. The molecule has 0 aliphatic heterocycles. The van der Waals surface area contributed by atoms with Crippen molar-refractivity contribution in [2.24, 2.45) is 5.73 Å². The van der Waals surface area contributed by atoms with Crippen molar-refractivity contribution >= 4 is 0 Å². The second kappa shape index (κ2) is 6.91. The fourth-order valence-electron chi connectivity index (χ4n) is 2.39. The molecule has 2 nitrogen and oxygen atoms in total. The van der Waals surface area contributed by atoms with Crippen LogP contribution in [-0.2, 0) is 0 Å². The van der Waals surface area contributed by atoms with Crippen LogP contribution >= 0.6 is 0 Å². The van der Waals surface area contributed by atoms with Gasteiger partial charge in [-0.05, 0) is 44.9 Å². The van der Waals surface area contributed by atoms with E-state index in [9.17, 15) is 0 Å². The third-order valence-electron chi connectivity index (χ3n) is 3.89. The summed E-state index contributed by atoms with van der Waals surface area (Å²) in [6, 6.07) is 7.26. The quantitative estimate of drug-likeness (QED) is 0.836. The molecule has 18 heavy (non-hydrogen) atoms. The summed E-state index contributed by atoms with van der Waals surface area (Å²) in [5.74, 6) is 0. The Hall–Kier alpha value is -0.860. The van der Waals surface area contributed by atoms with Crippen LogP contribution in [0.25, 0.3) is 0 Å². The van der Waals surface area contributed by atoms with E-state index < -0.39 is 0 Å². The van der Waals surface area contributed by atoms with Gasteiger partial charge in [0.15, 0.2) is 0 Å². The zero-order valence-corrected chi connectivity index (χ0v) is 12.5. The maximum Gasteiger partial charge on any atom is 0.0427 e. The van der Waals surface area contributed by atoms with E-state index in [0.29, 0.717) is 6.04 Å². The molecule has 0 saturated heterocycles. The van der Waals surface area contributed by atoms with Crippen LogP contribution in [0.3, 0.4) is 0 Å². The summed E-state index contributed by atoms with van der Waals surface area (Å²) in [6.07, 6.45) is 1.17. The van der Waals surface area contributed by atoms with Gasteiger partial charge in [-0.25, -0.2) is 0 Å². The van der Waals surface area contributed by atoms with Crippen LogP contribution in [0.2, 0.25) is 0 Å². The number of benzene rings is 1. The van der Waals surface area contributed by atoms with Gasteiger partial charge in [0.05, 0.1) is 0 Å². The minimum Gasteiger partial charge on any atom is -0.323 e. The van der Waals surface area contributed by atoms with Crippen molar-refractivity contribution in [3.63, 3.8) is 0 Å². The molecule has 1 rings (SSSR count). The van der Waals surface area contributed by atoms with Crippen molar-refractivity contribution < 1.29 is 0 Å². The van der Waals surface area contributed by atoms with Gasteiger partial charge in [-0.3, -0.25) is 4.90 Å². The van der Waals surface area contributed by atoms with Crippen molar-refractivity contribution in [3.8, 4) is 0 Å². The summed E-state index contributed by atoms with van der Waals surface area (Å²) in [6.45, 7) is 13.0. The van der Waals surface area contributed by atoms with E-state index in [-0.39, 0.29) is 6.04 Å². The Kier molecular flexibility index (Phi) is 5.83. The fraction of sp³-hybridized carbons (Fsp3) is 0.625. The molecule has 0 aromatic heterocycles. The molecule has 0 amide bonds. The number of rotatable bonds is 6. The molecule has 0 aliphatic rings. The molecule has 1 aromatic carbocycles. The lowest BCUT2D eigenvalue weighted by molar-refractivity contribution is 0.202. The minimum atomic E-state index is 0.110. The zero-order chi connectivity index (χ0) is 13.7. The van der Waals surface area contributed by atoms with Gasteiger partial charge in [-0.15, -0.1) is 0 Å². The Morgan fingerprint density at radius 2 is 1.89 bits per heavy atom. The third kappa shape index (κ3) is 3.82. The van der Waals surface area contributed by atoms with Crippen molar-refractivity contribution in [1.29, 1.82) is 0 Å². The van der Waals surface area contributed by atoms with E-state index >= 15 is 0 Å². The number of likely N-dealkylation sites (N-methyl/N-ethyl adjacent to an activating group) is 1. The van der Waals surface area contributed by atoms with E-state index in [4.69, 9.17) is 5.73 Å². The maximum absolute atomic E-state index is 6.39. The van der Waals surface area contributed by atoms with Gasteiger partial charge in [-0.1, -0.05) is 37.6 Å². The van der Waals surface area contributed by atoms with Crippen LogP contribution in [0.5, 0.6) is 0 Å². The minimum absolute atomic E-state index is 0.110. The zero-order valence-electron chi connectivity index (χ0n) is 12.5. The molecule has 0 aliphatic carbocycles. The first kappa shape index (κ1) is 15.2. The highest BCUT2D eigenvalue weighted by Crippen LogP contribution is 2.19. The van der Waals surface area contributed by atoms with E-state index in [1.807, 2.05) is 0 Å². The second-order valence-electron chi connectivity index (χ2n) is 5.31. The molecule has 0 heterocycles. The lowest BCUT2D eigenvalue weighted by Crippen LogP contribution is -2.38. The Balaban J connectivity index is 2.80. The van der Waals surface area contributed by atoms with Crippen molar-refractivity contribution in [1.82, 2.24) is 4.90 Å². The van der Waals surface area contributed by atoms with Gasteiger partial charge >= 0.3 is 0 Å². The van der Waals surface area contributed by atoms with Crippen molar-refractivity contribution in [3.05, 3.63) is 34.9 Å². The molecule has 2 atom stereocenters. The molecular formula is C16H28N2. The van der Waals surface area contributed by atoms with E-state index in [2.05, 4.69) is 57.7 Å². The van der Waals surface area contributed by atoms with E-state index in [1.165, 1.54) is 23.1 Å². The van der Waals surface area contributed by atoms with Crippen LogP contribution in [-0.4, -0.2) is 24.0 Å². The molecular weight excluding hydrogens is 220 g/mol. The summed E-state index contributed by atoms with van der Waals surface area (Å²) in [7, 11) is 0. The fourth-order valence-corrected chi connectivity index (χ4v) is 2.39. The highest BCUT2D eigenvalue weighted by molar-refractivity contribution is 5.33. The predicted molar refractivity (Wildman–Crippen MR) is 79.8 cm³/mol. The topological polar surface area (TPSA) is 29.3 Å². The summed E-state index contributed by atoms with van der Waals surface area (Å²) < 4.78 is 0. The third-order valence-corrected chi connectivity index (χ3v) is 3.89. The Labute approximate surface area is 112 Å². The van der Waals surface area contributed by atoms with Gasteiger partial charge < -0.3 is 5.73 Å². The summed E-state index contributed by atoms with van der Waals surface area (Å²) >= 11 is 0. The summed E-state index contributed by atoms with van der Waals surface area (Å²) in [4.78, 5) is 2.46. The molecule has 102 valence electrons. The summed E-state index contributed by atoms with van der Waals surface area (Å²) in [5.41, 5.74) is 10.3. The predicted octanol–water partition coefficient (Wildman–Crippen LogP) is 3.42. The number of hydrogen-bond acceptors (Lipinski definition) is 2. The molecule has 2 N–H and O–H groups in total. The number of nitrogens with zero attached hydrogens (tertiary/aromatic N) is 1. The first-order chi connectivity index (χ1) is 8.49. The number of nitrogens with two attached hydrogens (primary N) is 1. The van der Waals surface area contributed by atoms with Gasteiger partial charge in [0.25, 0.3) is 0 Å². The molecule has 0 spiro atoms. The van der Waals surface area contributed by atoms with E-state index in [1.54, 1.807) is 0 Å². The average molecular weight is 248 g/mol. The van der Waals surface area contributed by atoms with Gasteiger partial charge in [-0.2, -0.15) is 0 Å². The number of hydrogen-bond donors (Lipinski definition) is 1. The van der Waals surface area contributed by atoms with Gasteiger partial charge in [0.1, 0.15) is 0 Å². The van der Waals surface area contributed by atoms with Crippen LogP contribution in [0.15, 0.2) is 18.2 Å². The average Bonchev–Trinajstić information content (AvgIpc) is 2.37. The first-order valence-corrected chi connectivity index (χ1v) is 7.06. The molecule has 0 fully saturated rings. The normalized spacial score (nSPS) is 14.8. The molecule has 2 heteroatoms. The number of aryl methyl sites for hydroxylation is 2. The highest BCUT2D eigenvalue weighted by atomic mass is 15.2. The SMILES string of the molecule is CCC(C)N(CC)CC(N)c1cc(C)ccc1C. The Bertz CT molecular complexity index is 373. The lowest BCUT2D eigenvalue weighted by atomic mass is 9.98. The van der Waals surface area contributed by atoms with Crippen LogP contribution in [0, 0.1) is 13.8 Å². The van der Waals surface area contributed by atoms with Gasteiger partial charge in [0.2, 0.25) is 0 Å². The monoisotopic (exact) mass is 248 g/mol. The van der Waals surface area contributed by atoms with Crippen molar-refractivity contribution in [2.75, 3.05) is 13.1 Å².